The number of carbonyl (C=O) groups excluding carboxylic acids is 3. The van der Waals surface area contributed by atoms with Crippen molar-refractivity contribution in [2.45, 2.75) is 109 Å². The second-order valence-electron chi connectivity index (χ2n) is 13.5. The molecule has 6 rings (SSSR count). The number of ketones is 1. The first-order valence-corrected chi connectivity index (χ1v) is 14.1. The van der Waals surface area contributed by atoms with Crippen LogP contribution in [0.15, 0.2) is 23.3 Å². The molecule has 12 atom stereocenters. The molecule has 0 amide bonds. The van der Waals surface area contributed by atoms with E-state index in [1.54, 1.807) is 13.8 Å². The van der Waals surface area contributed by atoms with Crippen LogP contribution in [0.5, 0.6) is 0 Å². The predicted octanol–water partition coefficient (Wildman–Crippen LogP) is 3.04. The van der Waals surface area contributed by atoms with Crippen molar-refractivity contribution in [2.24, 2.45) is 34.5 Å². The van der Waals surface area contributed by atoms with E-state index >= 15 is 0 Å². The fourth-order valence-electron chi connectivity index (χ4n) is 9.85. The molecule has 8 nitrogen and oxygen atoms in total. The third-order valence-corrected chi connectivity index (χ3v) is 12.0. The van der Waals surface area contributed by atoms with Gasteiger partial charge in [-0.15, -0.1) is 0 Å². The summed E-state index contributed by atoms with van der Waals surface area (Å²) in [6.45, 7) is 11.0. The van der Waals surface area contributed by atoms with Gasteiger partial charge in [0.25, 0.3) is 0 Å². The van der Waals surface area contributed by atoms with Gasteiger partial charge in [0.15, 0.2) is 5.78 Å². The molecule has 0 radical (unpaired) electrons. The second kappa shape index (κ2) is 8.01. The van der Waals surface area contributed by atoms with Crippen molar-refractivity contribution >= 4 is 17.7 Å². The summed E-state index contributed by atoms with van der Waals surface area (Å²) in [5.74, 6) is -1.19. The summed E-state index contributed by atoms with van der Waals surface area (Å²) in [7, 11) is 0. The van der Waals surface area contributed by atoms with Crippen molar-refractivity contribution < 1.29 is 38.8 Å². The van der Waals surface area contributed by atoms with E-state index in [1.165, 1.54) is 19.1 Å². The number of hydrogen-bond acceptors (Lipinski definition) is 8. The minimum absolute atomic E-state index is 0.0431. The molecule has 2 N–H and O–H groups in total. The fraction of sp³-hybridized carbons (Fsp3) is 0.767. The molecule has 1 saturated heterocycles. The molecule has 4 aliphatic carbocycles. The minimum atomic E-state index is -1.25. The molecular formula is C30H40O8. The first-order valence-electron chi connectivity index (χ1n) is 14.1. The lowest BCUT2D eigenvalue weighted by Crippen LogP contribution is -2.68. The number of fused-ring (bicyclic) bond motifs is 4. The molecule has 38 heavy (non-hydrogen) atoms. The lowest BCUT2D eigenvalue weighted by Gasteiger charge is -2.60. The molecular weight excluding hydrogens is 488 g/mol. The Bertz CT molecular complexity index is 1170. The van der Waals surface area contributed by atoms with Crippen LogP contribution in [0.4, 0.5) is 0 Å². The van der Waals surface area contributed by atoms with E-state index in [0.717, 1.165) is 24.8 Å². The van der Waals surface area contributed by atoms with Gasteiger partial charge in [-0.3, -0.25) is 9.59 Å². The number of hydrogen-bond donors (Lipinski definition) is 2. The topological polar surface area (TPSA) is 123 Å². The molecule has 0 aromatic heterocycles. The van der Waals surface area contributed by atoms with Crippen LogP contribution in [-0.4, -0.2) is 63.6 Å². The number of aliphatic hydroxyl groups excluding tert-OH is 1. The van der Waals surface area contributed by atoms with Crippen LogP contribution in [0.3, 0.4) is 0 Å². The highest BCUT2D eigenvalue weighted by atomic mass is 16.7. The van der Waals surface area contributed by atoms with Crippen LogP contribution in [0.2, 0.25) is 0 Å². The van der Waals surface area contributed by atoms with Crippen LogP contribution in [-0.2, 0) is 28.6 Å². The molecule has 4 fully saturated rings. The summed E-state index contributed by atoms with van der Waals surface area (Å²) in [6, 6.07) is 0. The van der Waals surface area contributed by atoms with Crippen LogP contribution >= 0.6 is 0 Å². The maximum Gasteiger partial charge on any atom is 0.334 e. The number of epoxide rings is 1. The Morgan fingerprint density at radius 1 is 1.16 bits per heavy atom. The van der Waals surface area contributed by atoms with Gasteiger partial charge in [-0.2, -0.15) is 0 Å². The molecule has 2 unspecified atom stereocenters. The highest BCUT2D eigenvalue weighted by Gasteiger charge is 2.84. The zero-order valence-electron chi connectivity index (χ0n) is 23.2. The lowest BCUT2D eigenvalue weighted by atomic mass is 9.43. The molecule has 0 aromatic rings. The van der Waals surface area contributed by atoms with Gasteiger partial charge >= 0.3 is 11.9 Å². The number of rotatable bonds is 3. The second-order valence-corrected chi connectivity index (χ2v) is 13.5. The van der Waals surface area contributed by atoms with Gasteiger partial charge in [-0.1, -0.05) is 12.5 Å². The molecule has 0 bridgehead atoms. The first-order chi connectivity index (χ1) is 17.7. The highest BCUT2D eigenvalue weighted by molar-refractivity contribution is 5.98. The van der Waals surface area contributed by atoms with Gasteiger partial charge in [0.05, 0.1) is 5.41 Å². The van der Waals surface area contributed by atoms with Gasteiger partial charge < -0.3 is 24.4 Å². The number of carbonyl (C=O) groups is 3. The van der Waals surface area contributed by atoms with E-state index in [2.05, 4.69) is 6.92 Å². The SMILES string of the molecule is CC(=O)OC1[C@H]2[C@@H]3CC[C@H]([C@@](C)(O)[C@H]4CC(C)=C(C)C(=O)O4)[C@@]3(C)CC[C@@H]2[C@@]2(C)C(=O)C=CC(O)[C@@]23O[C@@H]13. The Balaban J connectivity index is 1.38. The van der Waals surface area contributed by atoms with E-state index in [0.29, 0.717) is 18.4 Å². The van der Waals surface area contributed by atoms with Gasteiger partial charge in [-0.25, -0.2) is 4.79 Å². The zero-order valence-corrected chi connectivity index (χ0v) is 23.2. The van der Waals surface area contributed by atoms with Crippen molar-refractivity contribution in [1.29, 1.82) is 0 Å². The molecule has 3 saturated carbocycles. The van der Waals surface area contributed by atoms with E-state index in [-0.39, 0.29) is 40.8 Å². The van der Waals surface area contributed by atoms with E-state index < -0.39 is 47.0 Å². The Hall–Kier alpha value is -2.03. The largest absolute Gasteiger partial charge is 0.459 e. The predicted molar refractivity (Wildman–Crippen MR) is 135 cm³/mol. The van der Waals surface area contributed by atoms with Crippen LogP contribution < -0.4 is 0 Å². The Morgan fingerprint density at radius 2 is 1.87 bits per heavy atom. The summed E-state index contributed by atoms with van der Waals surface area (Å²) >= 11 is 0. The standard InChI is InChI=1S/C30H40O8/c1-14-13-22(37-26(34)15(14)2)29(6,35)19-8-7-17-23-18(11-12-27(17,19)4)28(5)20(32)9-10-21(33)30(28)25(38-30)24(23)36-16(3)31/h9-10,17-19,21-25,33,35H,7-8,11-13H2,1-6H3/t17-,18-,19-,21?,22+,23-,24?,25-,27-,28-,29+,30-/m0/s1. The number of ether oxygens (including phenoxy) is 3. The summed E-state index contributed by atoms with van der Waals surface area (Å²) < 4.78 is 18.0. The summed E-state index contributed by atoms with van der Waals surface area (Å²) in [6.07, 6.45) is 3.78. The molecule has 2 aliphatic heterocycles. The number of esters is 2. The van der Waals surface area contributed by atoms with Crippen LogP contribution in [0.1, 0.15) is 73.6 Å². The summed E-state index contributed by atoms with van der Waals surface area (Å²) in [4.78, 5) is 38.4. The molecule has 0 aromatic carbocycles. The van der Waals surface area contributed by atoms with Crippen LogP contribution in [0.25, 0.3) is 0 Å². The summed E-state index contributed by atoms with van der Waals surface area (Å²) in [5, 5.41) is 23.1. The quantitative estimate of drug-likeness (QED) is 0.423. The number of allylic oxidation sites excluding steroid dienone is 1. The monoisotopic (exact) mass is 528 g/mol. The van der Waals surface area contributed by atoms with Crippen molar-refractivity contribution in [3.63, 3.8) is 0 Å². The Labute approximate surface area is 223 Å². The van der Waals surface area contributed by atoms with Gasteiger partial charge in [0.1, 0.15) is 35.6 Å². The molecule has 1 spiro atoms. The molecule has 6 aliphatic rings. The van der Waals surface area contributed by atoms with Gasteiger partial charge in [0.2, 0.25) is 0 Å². The van der Waals surface area contributed by atoms with Crippen molar-refractivity contribution in [3.05, 3.63) is 23.3 Å². The van der Waals surface area contributed by atoms with Gasteiger partial charge in [0, 0.05) is 24.8 Å². The average Bonchev–Trinajstić information content (AvgIpc) is 3.50. The summed E-state index contributed by atoms with van der Waals surface area (Å²) in [5.41, 5.74) is -2.02. The first kappa shape index (κ1) is 26.2. The van der Waals surface area contributed by atoms with Crippen molar-refractivity contribution in [2.75, 3.05) is 0 Å². The normalized spacial score (nSPS) is 50.7. The van der Waals surface area contributed by atoms with E-state index in [4.69, 9.17) is 14.2 Å². The van der Waals surface area contributed by atoms with Crippen molar-refractivity contribution in [3.8, 4) is 0 Å². The molecule has 8 heteroatoms. The van der Waals surface area contributed by atoms with Gasteiger partial charge in [-0.05, 0) is 88.7 Å². The molecule has 208 valence electrons. The fourth-order valence-corrected chi connectivity index (χ4v) is 9.85. The average molecular weight is 529 g/mol. The lowest BCUT2D eigenvalue weighted by molar-refractivity contribution is -0.195. The third-order valence-electron chi connectivity index (χ3n) is 12.0. The number of aliphatic hydroxyl groups is 2. The maximum absolute atomic E-state index is 13.5. The third kappa shape index (κ3) is 3.05. The number of cyclic esters (lactones) is 1. The highest BCUT2D eigenvalue weighted by Crippen LogP contribution is 2.73. The Kier molecular flexibility index (Phi) is 5.53. The van der Waals surface area contributed by atoms with E-state index in [9.17, 15) is 24.6 Å². The van der Waals surface area contributed by atoms with Crippen LogP contribution in [0, 0.1) is 34.5 Å². The smallest absolute Gasteiger partial charge is 0.334 e. The van der Waals surface area contributed by atoms with E-state index in [1.807, 2.05) is 13.8 Å². The maximum atomic E-state index is 13.5. The molecule has 2 heterocycles. The minimum Gasteiger partial charge on any atom is -0.459 e. The van der Waals surface area contributed by atoms with Crippen molar-refractivity contribution in [1.82, 2.24) is 0 Å². The Morgan fingerprint density at radius 3 is 2.53 bits per heavy atom. The zero-order chi connectivity index (χ0) is 27.6.